The first-order valence-corrected chi connectivity index (χ1v) is 8.96. The van der Waals surface area contributed by atoms with Crippen molar-refractivity contribution in [3.05, 3.63) is 18.2 Å². The lowest BCUT2D eigenvalue weighted by molar-refractivity contribution is 0.598. The number of nitrogen functional groups attached to an aromatic ring is 1. The molecular weight excluding hydrogens is 286 g/mol. The molecule has 2 atom stereocenters. The maximum atomic E-state index is 11.5. The van der Waals surface area contributed by atoms with Crippen molar-refractivity contribution >= 4 is 32.2 Å². The molecule has 0 saturated carbocycles. The van der Waals surface area contributed by atoms with Gasteiger partial charge in [0.15, 0.2) is 0 Å². The summed E-state index contributed by atoms with van der Waals surface area (Å²) in [5.41, 5.74) is 6.30. The number of nitrogens with two attached hydrogens (primary N) is 2. The monoisotopic (exact) mass is 305 g/mol. The normalized spacial score (nSPS) is 14.9. The van der Waals surface area contributed by atoms with Crippen LogP contribution in [-0.4, -0.2) is 30.7 Å². The van der Waals surface area contributed by atoms with Crippen molar-refractivity contribution in [1.82, 2.24) is 0 Å². The van der Waals surface area contributed by atoms with Gasteiger partial charge in [-0.3, -0.25) is 4.21 Å². The highest BCUT2D eigenvalue weighted by Crippen LogP contribution is 2.23. The zero-order valence-electron chi connectivity index (χ0n) is 10.9. The number of hydrogen-bond donors (Lipinski definition) is 3. The Hall–Kier alpha value is -1.12. The maximum absolute atomic E-state index is 11.5. The Morgan fingerprint density at radius 1 is 1.42 bits per heavy atom. The van der Waals surface area contributed by atoms with Gasteiger partial charge in [-0.2, -0.15) is 0 Å². The lowest BCUT2D eigenvalue weighted by Crippen LogP contribution is -2.21. The molecule has 0 spiro atoms. The first-order valence-electron chi connectivity index (χ1n) is 5.69. The molecule has 0 saturated heterocycles. The van der Waals surface area contributed by atoms with Crippen molar-refractivity contribution < 1.29 is 12.6 Å². The van der Waals surface area contributed by atoms with Crippen molar-refractivity contribution in [2.75, 3.05) is 23.1 Å². The van der Waals surface area contributed by atoms with Gasteiger partial charge >= 0.3 is 0 Å². The van der Waals surface area contributed by atoms with E-state index in [1.54, 1.807) is 18.4 Å². The van der Waals surface area contributed by atoms with Crippen LogP contribution in [0.3, 0.4) is 0 Å². The number of rotatable bonds is 6. The van der Waals surface area contributed by atoms with Crippen molar-refractivity contribution in [3.8, 4) is 0 Å². The highest BCUT2D eigenvalue weighted by molar-refractivity contribution is 7.89. The Bertz CT molecular complexity index is 573. The Kier molecular flexibility index (Phi) is 5.33. The number of benzene rings is 1. The number of nitrogens with one attached hydrogen (secondary N) is 1. The second-order valence-corrected chi connectivity index (χ2v) is 7.50. The summed E-state index contributed by atoms with van der Waals surface area (Å²) >= 11 is 0. The van der Waals surface area contributed by atoms with Crippen LogP contribution in [0.4, 0.5) is 11.4 Å². The molecule has 0 radical (unpaired) electrons. The van der Waals surface area contributed by atoms with Gasteiger partial charge in [-0.15, -0.1) is 0 Å². The Labute approximate surface area is 116 Å². The highest BCUT2D eigenvalue weighted by atomic mass is 32.2. The largest absolute Gasteiger partial charge is 0.399 e. The molecule has 0 fully saturated rings. The predicted octanol–water partition coefficient (Wildman–Crippen LogP) is 0.485. The van der Waals surface area contributed by atoms with Crippen LogP contribution in [0.1, 0.15) is 13.3 Å². The summed E-state index contributed by atoms with van der Waals surface area (Å²) in [6.45, 7) is 1.89. The fourth-order valence-corrected chi connectivity index (χ4v) is 2.99. The third kappa shape index (κ3) is 5.17. The standard InChI is InChI=1S/C11H19N3O3S2/c1-8(5-6-18(2)15)14-10-4-3-9(12)7-11(10)19(13,16)17/h3-4,7-8,14H,5-6,12H2,1-2H3,(H2,13,16,17). The molecule has 8 heteroatoms. The molecule has 0 aliphatic heterocycles. The van der Waals surface area contributed by atoms with Crippen LogP contribution in [-0.2, 0) is 20.8 Å². The van der Waals surface area contributed by atoms with Crippen LogP contribution in [0.25, 0.3) is 0 Å². The quantitative estimate of drug-likeness (QED) is 0.661. The van der Waals surface area contributed by atoms with E-state index in [9.17, 15) is 12.6 Å². The Balaban J connectivity index is 2.92. The van der Waals surface area contributed by atoms with E-state index >= 15 is 0 Å². The Morgan fingerprint density at radius 2 is 2.05 bits per heavy atom. The average Bonchev–Trinajstić information content (AvgIpc) is 2.27. The molecule has 1 aromatic rings. The van der Waals surface area contributed by atoms with E-state index in [0.717, 1.165) is 0 Å². The van der Waals surface area contributed by atoms with Crippen LogP contribution in [0.5, 0.6) is 0 Å². The third-order valence-electron chi connectivity index (χ3n) is 2.55. The maximum Gasteiger partial charge on any atom is 0.240 e. The number of hydrogen-bond acceptors (Lipinski definition) is 5. The molecule has 0 heterocycles. The van der Waals surface area contributed by atoms with E-state index in [-0.39, 0.29) is 10.9 Å². The van der Waals surface area contributed by atoms with Crippen LogP contribution < -0.4 is 16.2 Å². The van der Waals surface area contributed by atoms with Gasteiger partial charge in [-0.05, 0) is 31.5 Å². The summed E-state index contributed by atoms with van der Waals surface area (Å²) in [6, 6.07) is 4.48. The average molecular weight is 305 g/mol. The minimum atomic E-state index is -3.84. The fraction of sp³-hybridized carbons (Fsp3) is 0.455. The topological polar surface area (TPSA) is 115 Å². The first-order chi connectivity index (χ1) is 8.70. The fourth-order valence-electron chi connectivity index (χ4n) is 1.57. The molecule has 0 aromatic heterocycles. The van der Waals surface area contributed by atoms with Crippen LogP contribution >= 0.6 is 0 Å². The SMILES string of the molecule is CC(CCS(C)=O)Nc1ccc(N)cc1S(N)(=O)=O. The highest BCUT2D eigenvalue weighted by Gasteiger charge is 2.16. The molecule has 1 rings (SSSR count). The summed E-state index contributed by atoms with van der Waals surface area (Å²) < 4.78 is 34.0. The van der Waals surface area contributed by atoms with Gasteiger partial charge in [0, 0.05) is 34.5 Å². The number of primary sulfonamides is 1. The van der Waals surface area contributed by atoms with Gasteiger partial charge in [0.05, 0.1) is 5.69 Å². The molecule has 0 amide bonds. The molecule has 5 N–H and O–H groups in total. The van der Waals surface area contributed by atoms with Crippen molar-refractivity contribution in [3.63, 3.8) is 0 Å². The molecule has 2 unspecified atom stereocenters. The minimum Gasteiger partial charge on any atom is -0.399 e. The lowest BCUT2D eigenvalue weighted by atomic mass is 10.2. The molecule has 6 nitrogen and oxygen atoms in total. The second kappa shape index (κ2) is 6.36. The zero-order chi connectivity index (χ0) is 14.6. The molecular formula is C11H19N3O3S2. The van der Waals surface area contributed by atoms with E-state index in [2.05, 4.69) is 5.32 Å². The summed E-state index contributed by atoms with van der Waals surface area (Å²) in [5.74, 6) is 0.549. The van der Waals surface area contributed by atoms with E-state index in [0.29, 0.717) is 23.5 Å². The molecule has 0 bridgehead atoms. The summed E-state index contributed by atoms with van der Waals surface area (Å²) in [4.78, 5) is -0.0306. The van der Waals surface area contributed by atoms with Gasteiger partial charge in [0.1, 0.15) is 4.90 Å². The first kappa shape index (κ1) is 15.9. The third-order valence-corrected chi connectivity index (χ3v) is 4.31. The predicted molar refractivity (Wildman–Crippen MR) is 78.9 cm³/mol. The lowest BCUT2D eigenvalue weighted by Gasteiger charge is -2.17. The molecule has 0 aliphatic carbocycles. The number of sulfonamides is 1. The molecule has 19 heavy (non-hydrogen) atoms. The van der Waals surface area contributed by atoms with Crippen LogP contribution in [0, 0.1) is 0 Å². The van der Waals surface area contributed by atoms with Gasteiger partial charge in [0.2, 0.25) is 10.0 Å². The number of anilines is 2. The van der Waals surface area contributed by atoms with Gasteiger partial charge in [-0.25, -0.2) is 13.6 Å². The van der Waals surface area contributed by atoms with E-state index in [4.69, 9.17) is 10.9 Å². The summed E-state index contributed by atoms with van der Waals surface area (Å²) in [5, 5.41) is 8.20. The smallest absolute Gasteiger partial charge is 0.240 e. The summed E-state index contributed by atoms with van der Waals surface area (Å²) in [7, 11) is -4.71. The van der Waals surface area contributed by atoms with Crippen molar-refractivity contribution in [2.45, 2.75) is 24.3 Å². The summed E-state index contributed by atoms with van der Waals surface area (Å²) in [6.07, 6.45) is 2.29. The van der Waals surface area contributed by atoms with Crippen molar-refractivity contribution in [1.29, 1.82) is 0 Å². The van der Waals surface area contributed by atoms with E-state index in [1.807, 2.05) is 6.92 Å². The minimum absolute atomic E-state index is 0.0203. The Morgan fingerprint density at radius 3 is 2.58 bits per heavy atom. The molecule has 108 valence electrons. The second-order valence-electron chi connectivity index (χ2n) is 4.41. The zero-order valence-corrected chi connectivity index (χ0v) is 12.6. The van der Waals surface area contributed by atoms with Crippen LogP contribution in [0.2, 0.25) is 0 Å². The van der Waals surface area contributed by atoms with E-state index in [1.165, 1.54) is 6.07 Å². The molecule has 1 aromatic carbocycles. The van der Waals surface area contributed by atoms with Gasteiger partial charge in [-0.1, -0.05) is 0 Å². The van der Waals surface area contributed by atoms with Gasteiger partial charge in [0.25, 0.3) is 0 Å². The van der Waals surface area contributed by atoms with Crippen LogP contribution in [0.15, 0.2) is 23.1 Å². The molecule has 0 aliphatic rings. The van der Waals surface area contributed by atoms with Crippen molar-refractivity contribution in [2.24, 2.45) is 5.14 Å². The van der Waals surface area contributed by atoms with E-state index < -0.39 is 20.8 Å². The van der Waals surface area contributed by atoms with Gasteiger partial charge < -0.3 is 11.1 Å².